The number of H-pyrrole nitrogens is 1. The molecule has 1 saturated heterocycles. The van der Waals surface area contributed by atoms with Gasteiger partial charge in [-0.05, 0) is 6.92 Å². The van der Waals surface area contributed by atoms with Crippen LogP contribution in [-0.4, -0.2) is 45.6 Å². The SMILES string of the molecule is Cc1cn([C@H]2C[C@H](S(=O)(=O)O)[C@@H](CO)O2)c(=O)[nH]c1=O. The van der Waals surface area contributed by atoms with Crippen molar-refractivity contribution in [2.45, 2.75) is 30.9 Å². The second-order valence-corrected chi connectivity index (χ2v) is 6.21. The first-order valence-electron chi connectivity index (χ1n) is 5.78. The van der Waals surface area contributed by atoms with Gasteiger partial charge < -0.3 is 9.84 Å². The number of nitrogens with one attached hydrogen (secondary N) is 1. The van der Waals surface area contributed by atoms with Gasteiger partial charge in [0.2, 0.25) is 0 Å². The van der Waals surface area contributed by atoms with Gasteiger partial charge in [-0.15, -0.1) is 0 Å². The highest BCUT2D eigenvalue weighted by Gasteiger charge is 2.43. The minimum Gasteiger partial charge on any atom is -0.394 e. The van der Waals surface area contributed by atoms with Crippen LogP contribution in [0.4, 0.5) is 0 Å². The summed E-state index contributed by atoms with van der Waals surface area (Å²) in [6.07, 6.45) is -1.07. The van der Waals surface area contributed by atoms with Crippen LogP contribution in [-0.2, 0) is 14.9 Å². The van der Waals surface area contributed by atoms with Crippen molar-refractivity contribution in [3.8, 4) is 0 Å². The summed E-state index contributed by atoms with van der Waals surface area (Å²) in [7, 11) is -4.41. The van der Waals surface area contributed by atoms with E-state index in [9.17, 15) is 18.0 Å². The molecule has 1 aliphatic heterocycles. The Balaban J connectivity index is 2.40. The zero-order chi connectivity index (χ0) is 15.1. The summed E-state index contributed by atoms with van der Waals surface area (Å²) in [5.74, 6) is 0. The normalized spacial score (nSPS) is 26.9. The summed E-state index contributed by atoms with van der Waals surface area (Å²) in [6, 6.07) is 0. The molecule has 2 heterocycles. The van der Waals surface area contributed by atoms with E-state index in [0.29, 0.717) is 0 Å². The first kappa shape index (κ1) is 14.9. The van der Waals surface area contributed by atoms with Gasteiger partial charge in [-0.25, -0.2) is 4.79 Å². The van der Waals surface area contributed by atoms with Crippen LogP contribution in [0.5, 0.6) is 0 Å². The monoisotopic (exact) mass is 306 g/mol. The average molecular weight is 306 g/mol. The number of aromatic amines is 1. The molecule has 0 spiro atoms. The summed E-state index contributed by atoms with van der Waals surface area (Å²) in [5, 5.41) is 7.76. The van der Waals surface area contributed by atoms with Crippen LogP contribution in [0.1, 0.15) is 18.2 Å². The number of ether oxygens (including phenoxy) is 1. The molecule has 20 heavy (non-hydrogen) atoms. The van der Waals surface area contributed by atoms with Crippen molar-refractivity contribution in [3.05, 3.63) is 32.6 Å². The molecule has 2 rings (SSSR count). The Kier molecular flexibility index (Phi) is 3.82. The summed E-state index contributed by atoms with van der Waals surface area (Å²) in [4.78, 5) is 25.0. The lowest BCUT2D eigenvalue weighted by atomic mass is 10.2. The molecule has 1 aromatic heterocycles. The summed E-state index contributed by atoms with van der Waals surface area (Å²) in [5.41, 5.74) is -1.04. The molecular formula is C10H14N2O7S. The van der Waals surface area contributed by atoms with Gasteiger partial charge in [-0.1, -0.05) is 0 Å². The lowest BCUT2D eigenvalue weighted by Crippen LogP contribution is -2.33. The number of nitrogens with zero attached hydrogens (tertiary/aromatic N) is 1. The van der Waals surface area contributed by atoms with Crippen molar-refractivity contribution < 1.29 is 22.8 Å². The van der Waals surface area contributed by atoms with Gasteiger partial charge in [0.1, 0.15) is 17.6 Å². The number of aliphatic hydroxyl groups excluding tert-OH is 1. The highest BCUT2D eigenvalue weighted by Crippen LogP contribution is 2.31. The van der Waals surface area contributed by atoms with Gasteiger partial charge in [-0.3, -0.25) is 18.9 Å². The molecule has 1 aromatic rings. The van der Waals surface area contributed by atoms with Crippen LogP contribution in [0.2, 0.25) is 0 Å². The van der Waals surface area contributed by atoms with E-state index < -0.39 is 45.6 Å². The molecule has 3 atom stereocenters. The third kappa shape index (κ3) is 2.68. The van der Waals surface area contributed by atoms with Crippen molar-refractivity contribution in [2.75, 3.05) is 6.61 Å². The van der Waals surface area contributed by atoms with E-state index >= 15 is 0 Å². The van der Waals surface area contributed by atoms with Crippen LogP contribution in [0, 0.1) is 6.92 Å². The van der Waals surface area contributed by atoms with E-state index in [0.717, 1.165) is 4.57 Å². The lowest BCUT2D eigenvalue weighted by Gasteiger charge is -2.14. The van der Waals surface area contributed by atoms with E-state index in [1.807, 2.05) is 0 Å². The van der Waals surface area contributed by atoms with Gasteiger partial charge in [0, 0.05) is 18.2 Å². The molecule has 0 radical (unpaired) electrons. The van der Waals surface area contributed by atoms with E-state index in [1.165, 1.54) is 13.1 Å². The molecule has 3 N–H and O–H groups in total. The first-order valence-corrected chi connectivity index (χ1v) is 7.29. The van der Waals surface area contributed by atoms with Crippen molar-refractivity contribution in [1.29, 1.82) is 0 Å². The van der Waals surface area contributed by atoms with Crippen LogP contribution in [0.25, 0.3) is 0 Å². The molecule has 0 aliphatic carbocycles. The van der Waals surface area contributed by atoms with Crippen LogP contribution >= 0.6 is 0 Å². The van der Waals surface area contributed by atoms with Gasteiger partial charge in [0.05, 0.1) is 6.61 Å². The number of rotatable bonds is 3. The number of hydrogen-bond donors (Lipinski definition) is 3. The van der Waals surface area contributed by atoms with Crippen molar-refractivity contribution in [2.24, 2.45) is 0 Å². The quantitative estimate of drug-likeness (QED) is 0.570. The number of aliphatic hydroxyl groups is 1. The second-order valence-electron chi connectivity index (χ2n) is 4.58. The molecule has 0 saturated carbocycles. The maximum atomic E-state index is 11.7. The number of aromatic nitrogens is 2. The fourth-order valence-corrected chi connectivity index (χ4v) is 3.09. The van der Waals surface area contributed by atoms with E-state index in [1.54, 1.807) is 0 Å². The zero-order valence-corrected chi connectivity index (χ0v) is 11.3. The summed E-state index contributed by atoms with van der Waals surface area (Å²) < 4.78 is 37.8. The first-order chi connectivity index (χ1) is 9.24. The smallest absolute Gasteiger partial charge is 0.330 e. The number of aryl methyl sites for hydroxylation is 1. The zero-order valence-electron chi connectivity index (χ0n) is 10.5. The van der Waals surface area contributed by atoms with Gasteiger partial charge in [0.15, 0.2) is 0 Å². The van der Waals surface area contributed by atoms with Crippen LogP contribution in [0.3, 0.4) is 0 Å². The summed E-state index contributed by atoms with van der Waals surface area (Å²) >= 11 is 0. The fraction of sp³-hybridized carbons (Fsp3) is 0.600. The average Bonchev–Trinajstić information content (AvgIpc) is 2.77. The third-order valence-corrected chi connectivity index (χ3v) is 4.46. The molecule has 10 heteroatoms. The maximum Gasteiger partial charge on any atom is 0.330 e. The van der Waals surface area contributed by atoms with E-state index in [-0.39, 0.29) is 12.0 Å². The largest absolute Gasteiger partial charge is 0.394 e. The van der Waals surface area contributed by atoms with Crippen molar-refractivity contribution >= 4 is 10.1 Å². The molecule has 112 valence electrons. The molecule has 0 aromatic carbocycles. The Morgan fingerprint density at radius 2 is 2.15 bits per heavy atom. The van der Waals surface area contributed by atoms with E-state index in [4.69, 9.17) is 14.4 Å². The summed E-state index contributed by atoms with van der Waals surface area (Å²) in [6.45, 7) is 0.867. The second kappa shape index (κ2) is 5.13. The minimum atomic E-state index is -4.41. The Labute approximate surface area is 113 Å². The van der Waals surface area contributed by atoms with Gasteiger partial charge in [0.25, 0.3) is 15.7 Å². The van der Waals surface area contributed by atoms with Crippen LogP contribution in [0.15, 0.2) is 15.8 Å². The molecule has 1 fully saturated rings. The van der Waals surface area contributed by atoms with E-state index in [2.05, 4.69) is 4.98 Å². The molecule has 0 bridgehead atoms. The molecule has 0 unspecified atom stereocenters. The predicted octanol–water partition coefficient (Wildman–Crippen LogP) is -1.62. The number of hydrogen-bond acceptors (Lipinski definition) is 6. The third-order valence-electron chi connectivity index (χ3n) is 3.20. The maximum absolute atomic E-state index is 11.7. The minimum absolute atomic E-state index is 0.199. The van der Waals surface area contributed by atoms with Crippen molar-refractivity contribution in [1.82, 2.24) is 9.55 Å². The molecule has 0 amide bonds. The van der Waals surface area contributed by atoms with Crippen molar-refractivity contribution in [3.63, 3.8) is 0 Å². The molecule has 9 nitrogen and oxygen atoms in total. The van der Waals surface area contributed by atoms with Gasteiger partial charge in [-0.2, -0.15) is 8.42 Å². The highest BCUT2D eigenvalue weighted by atomic mass is 32.2. The Bertz CT molecular complexity index is 720. The lowest BCUT2D eigenvalue weighted by molar-refractivity contribution is -0.0244. The Morgan fingerprint density at radius 1 is 1.50 bits per heavy atom. The van der Waals surface area contributed by atoms with Gasteiger partial charge >= 0.3 is 5.69 Å². The topological polar surface area (TPSA) is 139 Å². The Hall–Kier alpha value is -1.49. The predicted molar refractivity (Wildman–Crippen MR) is 67.0 cm³/mol. The molecule has 1 aliphatic rings. The van der Waals surface area contributed by atoms with Crippen LogP contribution < -0.4 is 11.2 Å². The Morgan fingerprint density at radius 3 is 2.65 bits per heavy atom. The highest BCUT2D eigenvalue weighted by molar-refractivity contribution is 7.86. The standard InChI is InChI=1S/C10H14N2O7S/c1-5-3-12(10(15)11-9(5)14)8-2-7(20(16,17)18)6(4-13)19-8/h3,6-8,13H,2,4H2,1H3,(H,11,14,15)(H,16,17,18)/t6-,7+,8-/m1/s1. The molecular weight excluding hydrogens is 292 g/mol. The fourth-order valence-electron chi connectivity index (χ4n) is 2.15.